The zero-order chi connectivity index (χ0) is 13.9. The Balaban J connectivity index is 3.14. The van der Waals surface area contributed by atoms with Gasteiger partial charge in [0.25, 0.3) is 0 Å². The molecule has 1 aromatic rings. The summed E-state index contributed by atoms with van der Waals surface area (Å²) in [6, 6.07) is -0.372. The average Bonchev–Trinajstić information content (AvgIpc) is 2.25. The normalized spacial score (nSPS) is 11.8. The number of anilines is 2. The van der Waals surface area contributed by atoms with E-state index in [0.717, 1.165) is 11.2 Å². The van der Waals surface area contributed by atoms with Crippen molar-refractivity contribution in [1.82, 2.24) is 9.97 Å². The number of halogens is 4. The Hall–Kier alpha value is -1.09. The zero-order valence-corrected chi connectivity index (χ0v) is 11.4. The van der Waals surface area contributed by atoms with Crippen molar-refractivity contribution in [3.63, 3.8) is 0 Å². The van der Waals surface area contributed by atoms with Gasteiger partial charge in [0.2, 0.25) is 0 Å². The van der Waals surface area contributed by atoms with Crippen LogP contribution in [-0.4, -0.2) is 28.7 Å². The van der Waals surface area contributed by atoms with Gasteiger partial charge in [0, 0.05) is 6.04 Å². The SMILES string of the molecule is CC(C)N(CC(F)(F)F)c1ncnc(NN)c1Br. The van der Waals surface area contributed by atoms with Crippen LogP contribution in [0, 0.1) is 0 Å². The molecule has 1 aromatic heterocycles. The largest absolute Gasteiger partial charge is 0.405 e. The van der Waals surface area contributed by atoms with Crippen molar-refractivity contribution >= 4 is 27.6 Å². The number of alkyl halides is 3. The van der Waals surface area contributed by atoms with Gasteiger partial charge in [-0.3, -0.25) is 0 Å². The monoisotopic (exact) mass is 327 g/mol. The highest BCUT2D eigenvalue weighted by atomic mass is 79.9. The number of nitrogens with zero attached hydrogens (tertiary/aromatic N) is 3. The predicted molar refractivity (Wildman–Crippen MR) is 66.1 cm³/mol. The van der Waals surface area contributed by atoms with Gasteiger partial charge in [-0.15, -0.1) is 0 Å². The molecule has 0 fully saturated rings. The molecule has 9 heteroatoms. The predicted octanol–water partition coefficient (Wildman–Crippen LogP) is 2.30. The lowest BCUT2D eigenvalue weighted by Gasteiger charge is -2.29. The highest BCUT2D eigenvalue weighted by Crippen LogP contribution is 2.32. The van der Waals surface area contributed by atoms with E-state index < -0.39 is 12.7 Å². The summed E-state index contributed by atoms with van der Waals surface area (Å²) in [4.78, 5) is 8.78. The van der Waals surface area contributed by atoms with E-state index in [1.165, 1.54) is 0 Å². The molecule has 0 aliphatic rings. The Labute approximate surface area is 111 Å². The fourth-order valence-electron chi connectivity index (χ4n) is 1.36. The first kappa shape index (κ1) is 15.0. The fraction of sp³-hybridized carbons (Fsp3) is 0.556. The van der Waals surface area contributed by atoms with Crippen molar-refractivity contribution in [1.29, 1.82) is 0 Å². The van der Waals surface area contributed by atoms with Gasteiger partial charge < -0.3 is 10.3 Å². The standard InChI is InChI=1S/C9H13BrF3N5/c1-5(2)18(3-9(11,12)13)8-6(10)7(17-14)15-4-16-8/h4-5H,3,14H2,1-2H3,(H,15,16,17). The van der Waals surface area contributed by atoms with Gasteiger partial charge in [0.1, 0.15) is 23.2 Å². The molecule has 0 aliphatic heterocycles. The number of hydrazine groups is 1. The van der Waals surface area contributed by atoms with Gasteiger partial charge in [-0.05, 0) is 29.8 Å². The van der Waals surface area contributed by atoms with E-state index in [0.29, 0.717) is 4.47 Å². The van der Waals surface area contributed by atoms with Crippen LogP contribution in [0.4, 0.5) is 24.8 Å². The third-order valence-corrected chi connectivity index (χ3v) is 2.88. The minimum absolute atomic E-state index is 0.144. The molecule has 0 atom stereocenters. The van der Waals surface area contributed by atoms with E-state index in [2.05, 4.69) is 31.3 Å². The molecule has 0 saturated heterocycles. The van der Waals surface area contributed by atoms with E-state index in [-0.39, 0.29) is 17.7 Å². The Morgan fingerprint density at radius 1 is 1.44 bits per heavy atom. The molecule has 0 aliphatic carbocycles. The van der Waals surface area contributed by atoms with Gasteiger partial charge in [-0.2, -0.15) is 13.2 Å². The lowest BCUT2D eigenvalue weighted by Crippen LogP contribution is -2.40. The van der Waals surface area contributed by atoms with E-state index >= 15 is 0 Å². The van der Waals surface area contributed by atoms with E-state index in [1.54, 1.807) is 13.8 Å². The minimum Gasteiger partial charge on any atom is -0.344 e. The van der Waals surface area contributed by atoms with Crippen molar-refractivity contribution in [3.8, 4) is 0 Å². The second-order valence-corrected chi connectivity index (χ2v) is 4.63. The van der Waals surface area contributed by atoms with Gasteiger partial charge in [0.05, 0.1) is 0 Å². The van der Waals surface area contributed by atoms with Crippen LogP contribution in [0.25, 0.3) is 0 Å². The molecule has 1 rings (SSSR count). The molecule has 0 unspecified atom stereocenters. The summed E-state index contributed by atoms with van der Waals surface area (Å²) in [5, 5.41) is 0. The first-order valence-corrected chi connectivity index (χ1v) is 5.86. The number of nitrogen functional groups attached to an aromatic ring is 1. The number of hydrogen-bond donors (Lipinski definition) is 2. The van der Waals surface area contributed by atoms with Crippen LogP contribution in [0.3, 0.4) is 0 Å². The molecule has 0 bridgehead atoms. The molecule has 0 aromatic carbocycles. The van der Waals surface area contributed by atoms with Crippen molar-refractivity contribution in [3.05, 3.63) is 10.8 Å². The fourth-order valence-corrected chi connectivity index (χ4v) is 1.90. The molecule has 0 radical (unpaired) electrons. The van der Waals surface area contributed by atoms with Crippen LogP contribution in [0.2, 0.25) is 0 Å². The first-order valence-electron chi connectivity index (χ1n) is 5.06. The maximum Gasteiger partial charge on any atom is 0.405 e. The van der Waals surface area contributed by atoms with Crippen molar-refractivity contribution in [2.24, 2.45) is 5.84 Å². The molecular formula is C9H13BrF3N5. The topological polar surface area (TPSA) is 67.1 Å². The average molecular weight is 328 g/mol. The Morgan fingerprint density at radius 2 is 2.06 bits per heavy atom. The van der Waals surface area contributed by atoms with E-state index in [1.807, 2.05) is 0 Å². The van der Waals surface area contributed by atoms with Gasteiger partial charge in [-0.25, -0.2) is 15.8 Å². The summed E-state index contributed by atoms with van der Waals surface area (Å²) in [5.74, 6) is 5.59. The van der Waals surface area contributed by atoms with Gasteiger partial charge in [0.15, 0.2) is 5.82 Å². The highest BCUT2D eigenvalue weighted by molar-refractivity contribution is 9.10. The third kappa shape index (κ3) is 3.70. The van der Waals surface area contributed by atoms with Gasteiger partial charge in [-0.1, -0.05) is 0 Å². The number of hydrogen-bond acceptors (Lipinski definition) is 5. The molecular weight excluding hydrogens is 315 g/mol. The Morgan fingerprint density at radius 3 is 2.50 bits per heavy atom. The van der Waals surface area contributed by atoms with E-state index in [4.69, 9.17) is 5.84 Å². The number of nitrogens with two attached hydrogens (primary N) is 1. The maximum atomic E-state index is 12.5. The van der Waals surface area contributed by atoms with Crippen molar-refractivity contribution < 1.29 is 13.2 Å². The summed E-state index contributed by atoms with van der Waals surface area (Å²) in [7, 11) is 0. The Bertz CT molecular complexity index is 410. The summed E-state index contributed by atoms with van der Waals surface area (Å²) in [6.07, 6.45) is -3.16. The van der Waals surface area contributed by atoms with Crippen LogP contribution in [0.15, 0.2) is 10.8 Å². The lowest BCUT2D eigenvalue weighted by molar-refractivity contribution is -0.120. The molecule has 5 nitrogen and oxygen atoms in total. The zero-order valence-electron chi connectivity index (χ0n) is 9.79. The smallest absolute Gasteiger partial charge is 0.344 e. The molecule has 1 heterocycles. The van der Waals surface area contributed by atoms with E-state index in [9.17, 15) is 13.2 Å². The quantitative estimate of drug-likeness (QED) is 0.656. The lowest BCUT2D eigenvalue weighted by atomic mass is 10.3. The molecule has 0 amide bonds. The molecule has 0 saturated carbocycles. The molecule has 0 spiro atoms. The maximum absolute atomic E-state index is 12.5. The molecule has 3 N–H and O–H groups in total. The number of rotatable bonds is 4. The second-order valence-electron chi connectivity index (χ2n) is 3.84. The van der Waals surface area contributed by atoms with Crippen LogP contribution in [-0.2, 0) is 0 Å². The number of aromatic nitrogens is 2. The highest BCUT2D eigenvalue weighted by Gasteiger charge is 2.33. The van der Waals surface area contributed by atoms with Crippen molar-refractivity contribution in [2.75, 3.05) is 16.9 Å². The second kappa shape index (κ2) is 5.70. The first-order chi connectivity index (χ1) is 8.26. The van der Waals surface area contributed by atoms with Crippen LogP contribution >= 0.6 is 15.9 Å². The van der Waals surface area contributed by atoms with Crippen LogP contribution in [0.1, 0.15) is 13.8 Å². The summed E-state index contributed by atoms with van der Waals surface area (Å²) >= 11 is 3.14. The molecule has 18 heavy (non-hydrogen) atoms. The minimum atomic E-state index is -4.31. The summed E-state index contributed by atoms with van der Waals surface area (Å²) in [5.41, 5.74) is 2.29. The summed E-state index contributed by atoms with van der Waals surface area (Å²) < 4.78 is 37.9. The summed E-state index contributed by atoms with van der Waals surface area (Å²) in [6.45, 7) is 2.20. The third-order valence-electron chi connectivity index (χ3n) is 2.15. The number of nitrogens with one attached hydrogen (secondary N) is 1. The van der Waals surface area contributed by atoms with Crippen molar-refractivity contribution in [2.45, 2.75) is 26.1 Å². The van der Waals surface area contributed by atoms with Crippen LogP contribution < -0.4 is 16.2 Å². The molecule has 102 valence electrons. The Kier molecular flexibility index (Phi) is 4.74. The van der Waals surface area contributed by atoms with Crippen LogP contribution in [0.5, 0.6) is 0 Å². The van der Waals surface area contributed by atoms with Gasteiger partial charge >= 0.3 is 6.18 Å².